The SMILES string of the molecule is CCONCCCC(=O)O. The van der Waals surface area contributed by atoms with Crippen LogP contribution in [0.25, 0.3) is 0 Å². The zero-order valence-corrected chi connectivity index (χ0v) is 6.09. The highest BCUT2D eigenvalue weighted by molar-refractivity contribution is 5.66. The zero-order valence-electron chi connectivity index (χ0n) is 6.09. The molecule has 4 nitrogen and oxygen atoms in total. The third kappa shape index (κ3) is 7.39. The van der Waals surface area contributed by atoms with Gasteiger partial charge in [-0.05, 0) is 13.3 Å². The van der Waals surface area contributed by atoms with E-state index in [0.29, 0.717) is 19.6 Å². The monoisotopic (exact) mass is 147 g/mol. The summed E-state index contributed by atoms with van der Waals surface area (Å²) in [5.41, 5.74) is 2.63. The third-order valence-electron chi connectivity index (χ3n) is 0.916. The Kier molecular flexibility index (Phi) is 6.11. The van der Waals surface area contributed by atoms with Crippen LogP contribution in [0, 0.1) is 0 Å². The van der Waals surface area contributed by atoms with Gasteiger partial charge in [-0.25, -0.2) is 5.48 Å². The summed E-state index contributed by atoms with van der Waals surface area (Å²) in [5.74, 6) is -0.765. The van der Waals surface area contributed by atoms with Gasteiger partial charge < -0.3 is 9.94 Å². The molecule has 0 spiro atoms. The first-order chi connectivity index (χ1) is 4.77. The van der Waals surface area contributed by atoms with Crippen LogP contribution in [0.15, 0.2) is 0 Å². The van der Waals surface area contributed by atoms with Crippen LogP contribution in [-0.4, -0.2) is 24.2 Å². The highest BCUT2D eigenvalue weighted by atomic mass is 16.6. The van der Waals surface area contributed by atoms with Gasteiger partial charge in [0.15, 0.2) is 0 Å². The van der Waals surface area contributed by atoms with Crippen molar-refractivity contribution in [2.45, 2.75) is 19.8 Å². The van der Waals surface area contributed by atoms with Crippen LogP contribution in [0.5, 0.6) is 0 Å². The number of hydroxylamine groups is 1. The molecule has 2 N–H and O–H groups in total. The number of aliphatic carboxylic acids is 1. The number of nitrogens with one attached hydrogen (secondary N) is 1. The van der Waals surface area contributed by atoms with Crippen LogP contribution in [0.2, 0.25) is 0 Å². The Bertz CT molecular complexity index is 95.0. The number of carboxylic acid groups (broad SMARTS) is 1. The lowest BCUT2D eigenvalue weighted by Gasteiger charge is -2.00. The Balaban J connectivity index is 2.84. The summed E-state index contributed by atoms with van der Waals surface area (Å²) in [7, 11) is 0. The molecule has 0 aromatic carbocycles. The van der Waals surface area contributed by atoms with Crippen molar-refractivity contribution in [1.82, 2.24) is 5.48 Å². The van der Waals surface area contributed by atoms with E-state index in [0.717, 1.165) is 0 Å². The highest BCUT2D eigenvalue weighted by Crippen LogP contribution is 1.85. The van der Waals surface area contributed by atoms with Crippen LogP contribution in [0.1, 0.15) is 19.8 Å². The molecule has 0 heterocycles. The second kappa shape index (κ2) is 6.51. The van der Waals surface area contributed by atoms with Crippen LogP contribution < -0.4 is 5.48 Å². The van der Waals surface area contributed by atoms with Gasteiger partial charge in [-0.3, -0.25) is 4.79 Å². The Morgan fingerprint density at radius 1 is 1.70 bits per heavy atom. The lowest BCUT2D eigenvalue weighted by atomic mass is 10.3. The van der Waals surface area contributed by atoms with Gasteiger partial charge >= 0.3 is 5.97 Å². The van der Waals surface area contributed by atoms with E-state index in [4.69, 9.17) is 9.94 Å². The van der Waals surface area contributed by atoms with E-state index in [9.17, 15) is 4.79 Å². The van der Waals surface area contributed by atoms with E-state index >= 15 is 0 Å². The smallest absolute Gasteiger partial charge is 0.303 e. The summed E-state index contributed by atoms with van der Waals surface area (Å²) in [4.78, 5) is 14.7. The van der Waals surface area contributed by atoms with Crippen molar-refractivity contribution < 1.29 is 14.7 Å². The lowest BCUT2D eigenvalue weighted by Crippen LogP contribution is -2.16. The fourth-order valence-electron chi connectivity index (χ4n) is 0.486. The number of hydrogen-bond donors (Lipinski definition) is 2. The van der Waals surface area contributed by atoms with Crippen LogP contribution in [0.4, 0.5) is 0 Å². The van der Waals surface area contributed by atoms with Gasteiger partial charge in [-0.2, -0.15) is 0 Å². The van der Waals surface area contributed by atoms with Crippen LogP contribution in [-0.2, 0) is 9.63 Å². The van der Waals surface area contributed by atoms with Gasteiger partial charge in [0.05, 0.1) is 6.61 Å². The maximum absolute atomic E-state index is 9.96. The van der Waals surface area contributed by atoms with Crippen molar-refractivity contribution in [2.24, 2.45) is 0 Å². The van der Waals surface area contributed by atoms with Crippen molar-refractivity contribution >= 4 is 5.97 Å². The molecule has 0 saturated carbocycles. The molecule has 0 unspecified atom stereocenters. The molecule has 0 aliphatic rings. The number of carboxylic acids is 1. The molecule has 10 heavy (non-hydrogen) atoms. The minimum atomic E-state index is -0.765. The topological polar surface area (TPSA) is 58.6 Å². The zero-order chi connectivity index (χ0) is 7.82. The van der Waals surface area contributed by atoms with Gasteiger partial charge in [0.1, 0.15) is 0 Å². The Morgan fingerprint density at radius 2 is 2.40 bits per heavy atom. The van der Waals surface area contributed by atoms with E-state index < -0.39 is 5.97 Å². The van der Waals surface area contributed by atoms with Gasteiger partial charge in [-0.1, -0.05) is 0 Å². The molecule has 4 heteroatoms. The Hall–Kier alpha value is -0.610. The van der Waals surface area contributed by atoms with Crippen LogP contribution >= 0.6 is 0 Å². The van der Waals surface area contributed by atoms with Crippen molar-refractivity contribution in [3.63, 3.8) is 0 Å². The summed E-state index contributed by atoms with van der Waals surface area (Å²) in [6, 6.07) is 0. The second-order valence-electron chi connectivity index (χ2n) is 1.82. The summed E-state index contributed by atoms with van der Waals surface area (Å²) in [6.45, 7) is 3.07. The third-order valence-corrected chi connectivity index (χ3v) is 0.916. The molecule has 0 aliphatic heterocycles. The predicted octanol–water partition coefficient (Wildman–Crippen LogP) is 0.392. The second-order valence-corrected chi connectivity index (χ2v) is 1.82. The molecule has 0 atom stereocenters. The molecular weight excluding hydrogens is 134 g/mol. The summed E-state index contributed by atoms with van der Waals surface area (Å²) in [6.07, 6.45) is 0.801. The van der Waals surface area contributed by atoms with E-state index in [2.05, 4.69) is 5.48 Å². The largest absolute Gasteiger partial charge is 0.481 e. The van der Waals surface area contributed by atoms with Crippen molar-refractivity contribution in [2.75, 3.05) is 13.2 Å². The molecule has 0 amide bonds. The summed E-state index contributed by atoms with van der Waals surface area (Å²) < 4.78 is 0. The number of carbonyl (C=O) groups is 1. The van der Waals surface area contributed by atoms with Crippen LogP contribution in [0.3, 0.4) is 0 Å². The van der Waals surface area contributed by atoms with Gasteiger partial charge in [-0.15, -0.1) is 0 Å². The molecule has 60 valence electrons. The number of rotatable bonds is 6. The van der Waals surface area contributed by atoms with Crippen molar-refractivity contribution in [1.29, 1.82) is 0 Å². The molecule has 0 rings (SSSR count). The normalized spacial score (nSPS) is 9.70. The first kappa shape index (κ1) is 9.39. The Labute approximate surface area is 60.1 Å². The molecular formula is C6H13NO3. The van der Waals surface area contributed by atoms with E-state index in [1.807, 2.05) is 6.92 Å². The highest BCUT2D eigenvalue weighted by Gasteiger charge is 1.94. The van der Waals surface area contributed by atoms with E-state index in [-0.39, 0.29) is 6.42 Å². The molecule has 0 radical (unpaired) electrons. The first-order valence-electron chi connectivity index (χ1n) is 3.33. The predicted molar refractivity (Wildman–Crippen MR) is 36.5 cm³/mol. The standard InChI is InChI=1S/C6H13NO3/c1-2-10-7-5-3-4-6(8)9/h7H,2-5H2,1H3,(H,8,9). The fourth-order valence-corrected chi connectivity index (χ4v) is 0.486. The average molecular weight is 147 g/mol. The average Bonchev–Trinajstić information content (AvgIpc) is 1.87. The molecule has 0 aromatic rings. The maximum Gasteiger partial charge on any atom is 0.303 e. The van der Waals surface area contributed by atoms with Gasteiger partial charge in [0, 0.05) is 13.0 Å². The van der Waals surface area contributed by atoms with E-state index in [1.165, 1.54) is 0 Å². The minimum absolute atomic E-state index is 0.195. The van der Waals surface area contributed by atoms with Crippen molar-refractivity contribution in [3.8, 4) is 0 Å². The Morgan fingerprint density at radius 3 is 2.90 bits per heavy atom. The molecule has 0 bridgehead atoms. The van der Waals surface area contributed by atoms with Gasteiger partial charge in [0.2, 0.25) is 0 Å². The van der Waals surface area contributed by atoms with Gasteiger partial charge in [0.25, 0.3) is 0 Å². The summed E-state index contributed by atoms with van der Waals surface area (Å²) in [5, 5.41) is 8.20. The summed E-state index contributed by atoms with van der Waals surface area (Å²) >= 11 is 0. The minimum Gasteiger partial charge on any atom is -0.481 e. The van der Waals surface area contributed by atoms with E-state index in [1.54, 1.807) is 0 Å². The molecule has 0 aliphatic carbocycles. The molecule has 0 aromatic heterocycles. The molecule has 0 fully saturated rings. The quantitative estimate of drug-likeness (QED) is 0.421. The fraction of sp³-hybridized carbons (Fsp3) is 0.833. The lowest BCUT2D eigenvalue weighted by molar-refractivity contribution is -0.137. The van der Waals surface area contributed by atoms with Crippen molar-refractivity contribution in [3.05, 3.63) is 0 Å². The molecule has 0 saturated heterocycles. The first-order valence-corrected chi connectivity index (χ1v) is 3.33. The number of hydrogen-bond acceptors (Lipinski definition) is 3. The maximum atomic E-state index is 9.96.